The summed E-state index contributed by atoms with van der Waals surface area (Å²) in [5, 5.41) is 0. The van der Waals surface area contributed by atoms with Crippen LogP contribution in [0.25, 0.3) is 0 Å². The van der Waals surface area contributed by atoms with E-state index in [4.69, 9.17) is 14.0 Å². The molecule has 0 saturated carbocycles. The van der Waals surface area contributed by atoms with Crippen molar-refractivity contribution in [2.75, 3.05) is 48.1 Å². The van der Waals surface area contributed by atoms with Crippen LogP contribution in [0.1, 0.15) is 149 Å². The van der Waals surface area contributed by atoms with E-state index < -0.39 is 13.4 Å². The first-order valence-corrected chi connectivity index (χ1v) is 18.9. The molecule has 2 unspecified atom stereocenters. The first kappa shape index (κ1) is 40.8. The van der Waals surface area contributed by atoms with Crippen LogP contribution in [0, 0.1) is 0 Å². The third kappa shape index (κ3) is 24.9. The van der Waals surface area contributed by atoms with Crippen LogP contribution in [-0.2, 0) is 18.6 Å². The van der Waals surface area contributed by atoms with E-state index in [9.17, 15) is 9.46 Å². The highest BCUT2D eigenvalue weighted by Crippen LogP contribution is 2.51. The Morgan fingerprint density at radius 1 is 0.683 bits per heavy atom. The lowest BCUT2D eigenvalue weighted by Gasteiger charge is -2.35. The van der Waals surface area contributed by atoms with Gasteiger partial charge in [-0.15, -0.1) is 0 Å². The second kappa shape index (κ2) is 27.3. The minimum Gasteiger partial charge on any atom is -0.379 e. The predicted molar refractivity (Wildman–Crippen MR) is 177 cm³/mol. The molecule has 7 heteroatoms. The average Bonchev–Trinajstić information content (AvgIpc) is 2.92. The average molecular weight is 605 g/mol. The van der Waals surface area contributed by atoms with Gasteiger partial charge >= 0.3 is 7.60 Å². The quantitative estimate of drug-likeness (QED) is 0.0369. The van der Waals surface area contributed by atoms with Crippen LogP contribution in [0.15, 0.2) is 12.2 Å². The van der Waals surface area contributed by atoms with Crippen molar-refractivity contribution in [3.05, 3.63) is 12.2 Å². The Morgan fingerprint density at radius 3 is 1.54 bits per heavy atom. The number of hydrogen-bond acceptors (Lipinski definition) is 4. The van der Waals surface area contributed by atoms with Crippen LogP contribution in [0.3, 0.4) is 0 Å². The number of unbranched alkanes of at least 4 members (excludes halogenated alkanes) is 18. The summed E-state index contributed by atoms with van der Waals surface area (Å²) < 4.78 is 29.7. The summed E-state index contributed by atoms with van der Waals surface area (Å²) in [5.74, 6) is -0.457. The fourth-order valence-corrected chi connectivity index (χ4v) is 7.29. The highest BCUT2D eigenvalue weighted by molar-refractivity contribution is 7.53. The second-order valence-corrected chi connectivity index (χ2v) is 14.8. The zero-order valence-electron chi connectivity index (χ0n) is 28.3. The van der Waals surface area contributed by atoms with Crippen LogP contribution in [0.2, 0.25) is 0 Å². The minimum absolute atomic E-state index is 0.0648. The molecule has 0 fully saturated rings. The van der Waals surface area contributed by atoms with Crippen LogP contribution in [-0.4, -0.2) is 69.3 Å². The molecular formula is C34H71NO5P+. The predicted octanol–water partition coefficient (Wildman–Crippen LogP) is 10.0. The Labute approximate surface area is 256 Å². The molecule has 0 aliphatic rings. The van der Waals surface area contributed by atoms with Gasteiger partial charge in [-0.1, -0.05) is 122 Å². The Hall–Kier alpha value is -0.230. The molecule has 0 bridgehead atoms. The number of nitrogens with zero attached hydrogens (tertiary/aromatic N) is 1. The summed E-state index contributed by atoms with van der Waals surface area (Å²) in [5.41, 5.74) is 0. The molecule has 0 aromatic rings. The molecule has 0 aromatic heterocycles. The molecule has 0 spiro atoms. The highest BCUT2D eigenvalue weighted by Gasteiger charge is 2.41. The summed E-state index contributed by atoms with van der Waals surface area (Å²) in [7, 11) is 3.59. The fraction of sp³-hybridized carbons (Fsp3) is 0.941. The van der Waals surface area contributed by atoms with E-state index in [0.29, 0.717) is 24.1 Å². The summed E-state index contributed by atoms with van der Waals surface area (Å²) >= 11 is 0. The largest absolute Gasteiger partial charge is 0.385 e. The molecule has 0 radical (unpaired) electrons. The molecule has 0 aliphatic heterocycles. The lowest BCUT2D eigenvalue weighted by atomic mass is 10.0. The first-order chi connectivity index (χ1) is 19.7. The van der Waals surface area contributed by atoms with E-state index in [2.05, 4.69) is 19.1 Å². The van der Waals surface area contributed by atoms with Gasteiger partial charge in [0, 0.05) is 20.1 Å². The standard InChI is InChI=1S/C34H70NO5P/c1-7-9-10-11-12-13-14-15-16-17-18-19-20-21-22-23-24-25-26-27-28-29-30-39-31-33(38-6)32-40-41(36,37)34(8-2)35(3,4)5/h20-21,33-34H,7-19,22-32H2,1-6H3/p+1/b21-20-/t33-,34?/m1/s1. The van der Waals surface area contributed by atoms with Gasteiger partial charge in [-0.05, 0) is 32.1 Å². The smallest absolute Gasteiger partial charge is 0.379 e. The molecule has 246 valence electrons. The van der Waals surface area contributed by atoms with Crippen molar-refractivity contribution in [1.82, 2.24) is 0 Å². The molecule has 0 amide bonds. The number of rotatable bonds is 31. The minimum atomic E-state index is -3.74. The number of methoxy groups -OCH3 is 1. The van der Waals surface area contributed by atoms with Crippen molar-refractivity contribution in [3.63, 3.8) is 0 Å². The van der Waals surface area contributed by atoms with Gasteiger partial charge < -0.3 is 23.4 Å². The van der Waals surface area contributed by atoms with Crippen molar-refractivity contribution < 1.29 is 27.9 Å². The van der Waals surface area contributed by atoms with Crippen molar-refractivity contribution >= 4 is 7.60 Å². The van der Waals surface area contributed by atoms with Crippen molar-refractivity contribution in [2.24, 2.45) is 0 Å². The molecule has 0 aliphatic carbocycles. The van der Waals surface area contributed by atoms with E-state index in [0.717, 1.165) is 6.42 Å². The normalized spacial score (nSPS) is 15.4. The lowest BCUT2D eigenvalue weighted by molar-refractivity contribution is -0.883. The van der Waals surface area contributed by atoms with Gasteiger partial charge in [0.05, 0.1) is 34.4 Å². The molecule has 6 nitrogen and oxygen atoms in total. The highest BCUT2D eigenvalue weighted by atomic mass is 31.2. The number of ether oxygens (including phenoxy) is 2. The van der Waals surface area contributed by atoms with Crippen molar-refractivity contribution in [3.8, 4) is 0 Å². The van der Waals surface area contributed by atoms with Gasteiger partial charge in [0.25, 0.3) is 0 Å². The molecule has 3 atom stereocenters. The Bertz CT molecular complexity index is 637. The van der Waals surface area contributed by atoms with Gasteiger partial charge in [0.2, 0.25) is 0 Å². The Morgan fingerprint density at radius 2 is 1.12 bits per heavy atom. The number of hydrogen-bond donors (Lipinski definition) is 1. The maximum absolute atomic E-state index is 12.7. The van der Waals surface area contributed by atoms with Gasteiger partial charge in [0.1, 0.15) is 6.10 Å². The third-order valence-corrected chi connectivity index (χ3v) is 10.3. The van der Waals surface area contributed by atoms with Crippen LogP contribution >= 0.6 is 7.60 Å². The van der Waals surface area contributed by atoms with Crippen molar-refractivity contribution in [1.29, 1.82) is 0 Å². The molecule has 41 heavy (non-hydrogen) atoms. The van der Waals surface area contributed by atoms with E-state index in [-0.39, 0.29) is 12.7 Å². The zero-order valence-corrected chi connectivity index (χ0v) is 29.1. The van der Waals surface area contributed by atoms with E-state index in [1.54, 1.807) is 7.11 Å². The van der Waals surface area contributed by atoms with E-state index in [1.807, 2.05) is 28.1 Å². The van der Waals surface area contributed by atoms with Crippen LogP contribution < -0.4 is 0 Å². The fourth-order valence-electron chi connectivity index (χ4n) is 5.40. The van der Waals surface area contributed by atoms with E-state index >= 15 is 0 Å². The SMILES string of the molecule is CCCCCCCCCCCCC/C=C\CCCCCCCCCOC[C@H](COP(=O)(O)C(CC)[N+](C)(C)C)OC. The molecule has 0 aromatic carbocycles. The van der Waals surface area contributed by atoms with Gasteiger partial charge in [-0.3, -0.25) is 4.57 Å². The summed E-state index contributed by atoms with van der Waals surface area (Å²) in [6.45, 7) is 5.34. The molecule has 0 heterocycles. The van der Waals surface area contributed by atoms with Gasteiger partial charge in [-0.2, -0.15) is 0 Å². The first-order valence-electron chi connectivity index (χ1n) is 17.2. The maximum Gasteiger partial charge on any atom is 0.385 e. The van der Waals surface area contributed by atoms with Crippen LogP contribution in [0.5, 0.6) is 0 Å². The molecule has 1 N–H and O–H groups in total. The Kier molecular flexibility index (Phi) is 27.2. The lowest BCUT2D eigenvalue weighted by Crippen LogP contribution is -2.45. The number of quaternary nitrogens is 1. The van der Waals surface area contributed by atoms with Gasteiger partial charge in [0.15, 0.2) is 5.78 Å². The number of allylic oxidation sites excluding steroid dienone is 2. The monoisotopic (exact) mass is 605 g/mol. The zero-order chi connectivity index (χ0) is 30.7. The third-order valence-electron chi connectivity index (χ3n) is 8.02. The second-order valence-electron chi connectivity index (χ2n) is 12.9. The summed E-state index contributed by atoms with van der Waals surface area (Å²) in [6.07, 6.45) is 31.9. The topological polar surface area (TPSA) is 65.0 Å². The summed E-state index contributed by atoms with van der Waals surface area (Å²) in [4.78, 5) is 10.4. The van der Waals surface area contributed by atoms with E-state index in [1.165, 1.54) is 122 Å². The molecule has 0 saturated heterocycles. The van der Waals surface area contributed by atoms with Gasteiger partial charge in [-0.25, -0.2) is 0 Å². The molecular weight excluding hydrogens is 533 g/mol. The maximum atomic E-state index is 12.7. The molecule has 0 rings (SSSR count). The summed E-state index contributed by atoms with van der Waals surface area (Å²) in [6, 6.07) is 0. The van der Waals surface area contributed by atoms with Crippen molar-refractivity contribution in [2.45, 2.75) is 161 Å². The Balaban J connectivity index is 3.54. The van der Waals surface area contributed by atoms with Crippen LogP contribution in [0.4, 0.5) is 0 Å².